The van der Waals surface area contributed by atoms with E-state index in [0.29, 0.717) is 13.0 Å². The molecular weight excluding hydrogens is 399 g/mol. The smallest absolute Gasteiger partial charge is 0.191 e. The predicted molar refractivity (Wildman–Crippen MR) is 108 cm³/mol. The Bertz CT molecular complexity index is 564. The number of benzene rings is 1. The van der Waals surface area contributed by atoms with Crippen LogP contribution in [0.3, 0.4) is 0 Å². The second kappa shape index (κ2) is 12.3. The van der Waals surface area contributed by atoms with Gasteiger partial charge in [0.05, 0.1) is 13.2 Å². The summed E-state index contributed by atoms with van der Waals surface area (Å²) >= 11 is 3.28. The molecule has 0 bridgehead atoms. The van der Waals surface area contributed by atoms with Crippen molar-refractivity contribution >= 4 is 21.9 Å². The van der Waals surface area contributed by atoms with Crippen LogP contribution in [-0.4, -0.2) is 63.3 Å². The van der Waals surface area contributed by atoms with Crippen LogP contribution in [0, 0.1) is 5.82 Å². The number of ether oxygens (including phenoxy) is 1. The summed E-state index contributed by atoms with van der Waals surface area (Å²) in [7, 11) is 0. The number of nitrogens with one attached hydrogen (secondary N) is 2. The van der Waals surface area contributed by atoms with E-state index >= 15 is 0 Å². The van der Waals surface area contributed by atoms with Gasteiger partial charge in [-0.3, -0.25) is 9.89 Å². The van der Waals surface area contributed by atoms with Crippen molar-refractivity contribution in [2.24, 2.45) is 4.99 Å². The van der Waals surface area contributed by atoms with Crippen LogP contribution in [0.1, 0.15) is 25.3 Å². The molecule has 0 unspecified atom stereocenters. The van der Waals surface area contributed by atoms with E-state index in [2.05, 4.69) is 43.4 Å². The highest BCUT2D eigenvalue weighted by Gasteiger charge is 2.09. The van der Waals surface area contributed by atoms with Crippen LogP contribution in [0.4, 0.5) is 4.39 Å². The molecule has 26 heavy (non-hydrogen) atoms. The van der Waals surface area contributed by atoms with Crippen LogP contribution >= 0.6 is 15.9 Å². The summed E-state index contributed by atoms with van der Waals surface area (Å²) in [5.74, 6) is 0.683. The van der Waals surface area contributed by atoms with Crippen molar-refractivity contribution in [1.29, 1.82) is 0 Å². The van der Waals surface area contributed by atoms with Gasteiger partial charge in [-0.25, -0.2) is 4.39 Å². The van der Waals surface area contributed by atoms with E-state index in [0.717, 1.165) is 74.8 Å². The fourth-order valence-electron chi connectivity index (χ4n) is 2.86. The Balaban J connectivity index is 1.66. The molecule has 2 rings (SSSR count). The lowest BCUT2D eigenvalue weighted by Gasteiger charge is -2.26. The monoisotopic (exact) mass is 428 g/mol. The first-order chi connectivity index (χ1) is 12.7. The molecule has 1 aromatic carbocycles. The minimum absolute atomic E-state index is 0.156. The maximum atomic E-state index is 13.8. The lowest BCUT2D eigenvalue weighted by molar-refractivity contribution is 0.0376. The number of hydrogen-bond acceptors (Lipinski definition) is 3. The van der Waals surface area contributed by atoms with Gasteiger partial charge in [0.15, 0.2) is 5.96 Å². The Morgan fingerprint density at radius 2 is 2.08 bits per heavy atom. The average molecular weight is 429 g/mol. The van der Waals surface area contributed by atoms with Crippen LogP contribution in [0.2, 0.25) is 0 Å². The first-order valence-corrected chi connectivity index (χ1v) is 10.2. The summed E-state index contributed by atoms with van der Waals surface area (Å²) in [6.45, 7) is 9.28. The van der Waals surface area contributed by atoms with E-state index < -0.39 is 0 Å². The number of halogens is 2. The topological polar surface area (TPSA) is 48.9 Å². The van der Waals surface area contributed by atoms with Crippen molar-refractivity contribution < 1.29 is 9.13 Å². The summed E-state index contributed by atoms with van der Waals surface area (Å²) < 4.78 is 19.9. The molecule has 0 saturated carbocycles. The second-order valence-corrected chi connectivity index (χ2v) is 7.25. The van der Waals surface area contributed by atoms with Crippen molar-refractivity contribution in [1.82, 2.24) is 15.5 Å². The summed E-state index contributed by atoms with van der Waals surface area (Å²) in [5.41, 5.74) is 0.742. The number of guanidine groups is 1. The highest BCUT2D eigenvalue weighted by molar-refractivity contribution is 9.10. The van der Waals surface area contributed by atoms with Crippen LogP contribution < -0.4 is 10.6 Å². The Morgan fingerprint density at radius 3 is 2.81 bits per heavy atom. The average Bonchev–Trinajstić information content (AvgIpc) is 2.64. The SMILES string of the molecule is CCNC(=NCCCc1ccc(Br)cc1F)NCCCN1CCOCC1. The summed E-state index contributed by atoms with van der Waals surface area (Å²) in [6, 6.07) is 5.22. The summed E-state index contributed by atoms with van der Waals surface area (Å²) in [5, 5.41) is 6.64. The van der Waals surface area contributed by atoms with Gasteiger partial charge in [-0.1, -0.05) is 22.0 Å². The molecule has 0 atom stereocenters. The van der Waals surface area contributed by atoms with E-state index in [4.69, 9.17) is 4.74 Å². The van der Waals surface area contributed by atoms with E-state index in [1.807, 2.05) is 12.1 Å². The zero-order valence-corrected chi connectivity index (χ0v) is 17.2. The molecule has 1 aromatic rings. The van der Waals surface area contributed by atoms with Crippen molar-refractivity contribution in [2.45, 2.75) is 26.2 Å². The molecule has 0 amide bonds. The molecular formula is C19H30BrFN4O. The van der Waals surface area contributed by atoms with Gasteiger partial charge in [-0.05, 0) is 50.4 Å². The molecule has 5 nitrogen and oxygen atoms in total. The minimum Gasteiger partial charge on any atom is -0.379 e. The zero-order valence-electron chi connectivity index (χ0n) is 15.6. The van der Waals surface area contributed by atoms with Crippen LogP contribution in [-0.2, 0) is 11.2 Å². The maximum Gasteiger partial charge on any atom is 0.191 e. The highest BCUT2D eigenvalue weighted by Crippen LogP contribution is 2.16. The third-order valence-electron chi connectivity index (χ3n) is 4.28. The number of rotatable bonds is 9. The van der Waals surface area contributed by atoms with Gasteiger partial charge < -0.3 is 15.4 Å². The molecule has 1 aliphatic rings. The number of aliphatic imine (C=N–C) groups is 1. The van der Waals surface area contributed by atoms with Crippen LogP contribution in [0.15, 0.2) is 27.7 Å². The van der Waals surface area contributed by atoms with Gasteiger partial charge in [0.1, 0.15) is 5.82 Å². The largest absolute Gasteiger partial charge is 0.379 e. The molecule has 7 heteroatoms. The van der Waals surface area contributed by atoms with Crippen molar-refractivity contribution in [2.75, 3.05) is 52.5 Å². The molecule has 146 valence electrons. The molecule has 1 saturated heterocycles. The molecule has 0 aliphatic carbocycles. The molecule has 0 radical (unpaired) electrons. The fraction of sp³-hybridized carbons (Fsp3) is 0.632. The van der Waals surface area contributed by atoms with Gasteiger partial charge in [-0.15, -0.1) is 0 Å². The maximum absolute atomic E-state index is 13.8. The van der Waals surface area contributed by atoms with Crippen LogP contribution in [0.5, 0.6) is 0 Å². The van der Waals surface area contributed by atoms with E-state index in [9.17, 15) is 4.39 Å². The Labute approximate surface area is 164 Å². The first kappa shape index (κ1) is 21.1. The Morgan fingerprint density at radius 1 is 1.27 bits per heavy atom. The van der Waals surface area contributed by atoms with Gasteiger partial charge in [-0.2, -0.15) is 0 Å². The standard InChI is InChI=1S/C19H30BrFN4O/c1-2-22-19(24-9-4-10-25-11-13-26-14-12-25)23-8-3-5-16-6-7-17(20)15-18(16)21/h6-7,15H,2-5,8-14H2,1H3,(H2,22,23,24). The molecule has 2 N–H and O–H groups in total. The molecule has 0 aromatic heterocycles. The van der Waals surface area contributed by atoms with Crippen molar-refractivity contribution in [3.8, 4) is 0 Å². The summed E-state index contributed by atoms with van der Waals surface area (Å²) in [4.78, 5) is 7.02. The first-order valence-electron chi connectivity index (χ1n) is 9.45. The molecule has 1 heterocycles. The third-order valence-corrected chi connectivity index (χ3v) is 4.77. The van der Waals surface area contributed by atoms with Gasteiger partial charge in [0.2, 0.25) is 0 Å². The minimum atomic E-state index is -0.156. The van der Waals surface area contributed by atoms with Crippen LogP contribution in [0.25, 0.3) is 0 Å². The fourth-order valence-corrected chi connectivity index (χ4v) is 3.19. The quantitative estimate of drug-likeness (QED) is 0.360. The number of aryl methyl sites for hydroxylation is 1. The van der Waals surface area contributed by atoms with Gasteiger partial charge >= 0.3 is 0 Å². The zero-order chi connectivity index (χ0) is 18.6. The van der Waals surface area contributed by atoms with Gasteiger partial charge in [0, 0.05) is 37.2 Å². The van der Waals surface area contributed by atoms with Crippen molar-refractivity contribution in [3.63, 3.8) is 0 Å². The molecule has 1 aliphatic heterocycles. The number of morpholine rings is 1. The van der Waals surface area contributed by atoms with Gasteiger partial charge in [0.25, 0.3) is 0 Å². The normalized spacial score (nSPS) is 15.9. The highest BCUT2D eigenvalue weighted by atomic mass is 79.9. The Hall–Kier alpha value is -1.18. The van der Waals surface area contributed by atoms with Crippen molar-refractivity contribution in [3.05, 3.63) is 34.1 Å². The van der Waals surface area contributed by atoms with E-state index in [1.165, 1.54) is 6.07 Å². The number of nitrogens with zero attached hydrogens (tertiary/aromatic N) is 2. The van der Waals surface area contributed by atoms with E-state index in [-0.39, 0.29) is 5.82 Å². The molecule has 1 fully saturated rings. The second-order valence-electron chi connectivity index (χ2n) is 6.33. The summed E-state index contributed by atoms with van der Waals surface area (Å²) in [6.07, 6.45) is 2.59. The lowest BCUT2D eigenvalue weighted by atomic mass is 10.1. The Kier molecular flexibility index (Phi) is 9.95. The van der Waals surface area contributed by atoms with E-state index in [1.54, 1.807) is 0 Å². The predicted octanol–water partition coefficient (Wildman–Crippen LogP) is 2.80. The molecule has 0 spiro atoms. The number of hydrogen-bond donors (Lipinski definition) is 2. The third kappa shape index (κ3) is 8.01. The lowest BCUT2D eigenvalue weighted by Crippen LogP contribution is -2.40.